The van der Waals surface area contributed by atoms with Crippen LogP contribution in [0, 0.1) is 17.3 Å². The van der Waals surface area contributed by atoms with Crippen molar-refractivity contribution in [3.8, 4) is 0 Å². The Morgan fingerprint density at radius 3 is 2.37 bits per heavy atom. The Bertz CT molecular complexity index is 285. The van der Waals surface area contributed by atoms with Crippen molar-refractivity contribution < 1.29 is 0 Å². The van der Waals surface area contributed by atoms with E-state index in [1.807, 2.05) is 0 Å². The van der Waals surface area contributed by atoms with Gasteiger partial charge in [0.15, 0.2) is 0 Å². The monoisotopic (exact) mass is 266 g/mol. The number of rotatable bonds is 4. The highest BCUT2D eigenvalue weighted by molar-refractivity contribution is 4.98. The van der Waals surface area contributed by atoms with Crippen molar-refractivity contribution >= 4 is 0 Å². The van der Waals surface area contributed by atoms with Crippen LogP contribution in [0.15, 0.2) is 0 Å². The molecule has 1 saturated heterocycles. The number of hydrogen-bond donors (Lipinski definition) is 1. The van der Waals surface area contributed by atoms with Crippen LogP contribution in [-0.2, 0) is 0 Å². The van der Waals surface area contributed by atoms with Crippen molar-refractivity contribution in [2.45, 2.75) is 71.9 Å². The molecule has 4 unspecified atom stereocenters. The maximum Gasteiger partial charge on any atom is 0.0275 e. The Balaban J connectivity index is 2.08. The minimum Gasteiger partial charge on any atom is -0.315 e. The molecule has 0 radical (unpaired) electrons. The van der Waals surface area contributed by atoms with Crippen LogP contribution >= 0.6 is 0 Å². The third-order valence-electron chi connectivity index (χ3n) is 6.19. The van der Waals surface area contributed by atoms with E-state index in [1.54, 1.807) is 0 Å². The second-order valence-electron chi connectivity index (χ2n) is 7.37. The first kappa shape index (κ1) is 15.3. The molecule has 2 aliphatic rings. The van der Waals surface area contributed by atoms with E-state index in [9.17, 15) is 0 Å². The minimum absolute atomic E-state index is 0.612. The number of hydrogen-bond acceptors (Lipinski definition) is 2. The lowest BCUT2D eigenvalue weighted by Crippen LogP contribution is -2.55. The van der Waals surface area contributed by atoms with E-state index >= 15 is 0 Å². The van der Waals surface area contributed by atoms with Gasteiger partial charge in [-0.15, -0.1) is 0 Å². The average molecular weight is 266 g/mol. The van der Waals surface area contributed by atoms with Crippen LogP contribution in [0.1, 0.15) is 59.8 Å². The van der Waals surface area contributed by atoms with Gasteiger partial charge >= 0.3 is 0 Å². The van der Waals surface area contributed by atoms with Crippen LogP contribution in [0.5, 0.6) is 0 Å². The van der Waals surface area contributed by atoms with E-state index in [-0.39, 0.29) is 0 Å². The zero-order valence-corrected chi connectivity index (χ0v) is 13.7. The molecule has 0 amide bonds. The molecule has 2 nitrogen and oxygen atoms in total. The Morgan fingerprint density at radius 2 is 1.84 bits per heavy atom. The highest BCUT2D eigenvalue weighted by Gasteiger charge is 2.43. The summed E-state index contributed by atoms with van der Waals surface area (Å²) in [5, 5.41) is 3.61. The topological polar surface area (TPSA) is 15.3 Å². The van der Waals surface area contributed by atoms with Gasteiger partial charge in [-0.2, -0.15) is 0 Å². The van der Waals surface area contributed by atoms with Crippen LogP contribution in [0.3, 0.4) is 0 Å². The van der Waals surface area contributed by atoms with E-state index in [2.05, 4.69) is 45.0 Å². The van der Waals surface area contributed by atoms with Gasteiger partial charge < -0.3 is 5.32 Å². The maximum absolute atomic E-state index is 3.61. The van der Waals surface area contributed by atoms with E-state index in [0.717, 1.165) is 17.9 Å². The molecule has 1 aliphatic heterocycles. The summed E-state index contributed by atoms with van der Waals surface area (Å²) >= 11 is 0. The van der Waals surface area contributed by atoms with Crippen molar-refractivity contribution in [1.82, 2.24) is 10.2 Å². The van der Waals surface area contributed by atoms with Crippen molar-refractivity contribution in [3.63, 3.8) is 0 Å². The molecule has 2 rings (SSSR count). The maximum atomic E-state index is 3.61. The molecule has 1 aliphatic carbocycles. The van der Waals surface area contributed by atoms with E-state index < -0.39 is 0 Å². The molecular weight excluding hydrogens is 232 g/mol. The lowest BCUT2D eigenvalue weighted by Gasteiger charge is -2.45. The third-order valence-corrected chi connectivity index (χ3v) is 6.19. The Hall–Kier alpha value is -0.0800. The van der Waals surface area contributed by atoms with Crippen LogP contribution < -0.4 is 5.32 Å². The van der Waals surface area contributed by atoms with Gasteiger partial charge in [-0.3, -0.25) is 4.90 Å². The smallest absolute Gasteiger partial charge is 0.0275 e. The summed E-state index contributed by atoms with van der Waals surface area (Å²) < 4.78 is 0. The molecule has 1 saturated carbocycles. The Labute approximate surface area is 120 Å². The summed E-state index contributed by atoms with van der Waals surface area (Å²) in [6.45, 7) is 12.3. The van der Waals surface area contributed by atoms with Gasteiger partial charge in [-0.25, -0.2) is 0 Å². The fourth-order valence-corrected chi connectivity index (χ4v) is 4.79. The molecule has 1 N–H and O–H groups in total. The van der Waals surface area contributed by atoms with Gasteiger partial charge in [0.1, 0.15) is 0 Å². The molecule has 0 aromatic heterocycles. The predicted molar refractivity (Wildman–Crippen MR) is 83.4 cm³/mol. The highest BCUT2D eigenvalue weighted by atomic mass is 15.2. The summed E-state index contributed by atoms with van der Waals surface area (Å²) in [5.41, 5.74) is 0.612. The van der Waals surface area contributed by atoms with Gasteiger partial charge in [0, 0.05) is 18.6 Å². The van der Waals surface area contributed by atoms with Gasteiger partial charge in [0.05, 0.1) is 0 Å². The zero-order valence-electron chi connectivity index (χ0n) is 13.7. The van der Waals surface area contributed by atoms with E-state index in [0.29, 0.717) is 11.5 Å². The predicted octanol–water partition coefficient (Wildman–Crippen LogP) is 3.52. The molecule has 112 valence electrons. The largest absolute Gasteiger partial charge is 0.315 e. The van der Waals surface area contributed by atoms with Gasteiger partial charge in [-0.1, -0.05) is 27.7 Å². The van der Waals surface area contributed by atoms with Crippen molar-refractivity contribution in [3.05, 3.63) is 0 Å². The van der Waals surface area contributed by atoms with E-state index in [1.165, 1.54) is 45.2 Å². The molecule has 0 spiro atoms. The van der Waals surface area contributed by atoms with E-state index in [4.69, 9.17) is 0 Å². The lowest BCUT2D eigenvalue weighted by molar-refractivity contribution is 0.0710. The summed E-state index contributed by atoms with van der Waals surface area (Å²) in [4.78, 5) is 2.82. The Kier molecular flexibility index (Phi) is 4.94. The first-order valence-electron chi connectivity index (χ1n) is 8.46. The normalized spacial score (nSPS) is 39.6. The third kappa shape index (κ3) is 3.00. The zero-order chi connectivity index (χ0) is 14.0. The van der Waals surface area contributed by atoms with Crippen molar-refractivity contribution in [2.24, 2.45) is 17.3 Å². The van der Waals surface area contributed by atoms with Crippen molar-refractivity contribution in [1.29, 1.82) is 0 Å². The number of nitrogens with one attached hydrogen (secondary N) is 1. The standard InChI is InChI=1S/C17H34N2/c1-6-17(7-2)8-9-19(12-17)16-14(4)10-13(3)11-15(16)18-5/h13-16,18H,6-12H2,1-5H3. The highest BCUT2D eigenvalue weighted by Crippen LogP contribution is 2.41. The second kappa shape index (κ2) is 6.13. The fourth-order valence-electron chi connectivity index (χ4n) is 4.79. The first-order chi connectivity index (χ1) is 9.05. The number of nitrogens with zero attached hydrogens (tertiary/aromatic N) is 1. The summed E-state index contributed by atoms with van der Waals surface area (Å²) in [6, 6.07) is 1.46. The molecule has 2 fully saturated rings. The molecule has 0 aromatic carbocycles. The quantitative estimate of drug-likeness (QED) is 0.837. The molecule has 4 atom stereocenters. The molecule has 2 heteroatoms. The summed E-state index contributed by atoms with van der Waals surface area (Å²) in [7, 11) is 2.16. The van der Waals surface area contributed by atoms with Crippen LogP contribution in [0.25, 0.3) is 0 Å². The Morgan fingerprint density at radius 1 is 1.16 bits per heavy atom. The minimum atomic E-state index is 0.612. The average Bonchev–Trinajstić information content (AvgIpc) is 2.82. The SMILES string of the molecule is CCC1(CC)CCN(C2C(C)CC(C)CC2NC)C1. The van der Waals surface area contributed by atoms with Gasteiger partial charge in [-0.05, 0) is 62.9 Å². The number of likely N-dealkylation sites (tertiary alicyclic amines) is 1. The van der Waals surface area contributed by atoms with Crippen LogP contribution in [0.4, 0.5) is 0 Å². The fraction of sp³-hybridized carbons (Fsp3) is 1.00. The summed E-state index contributed by atoms with van der Waals surface area (Å²) in [6.07, 6.45) is 6.87. The molecule has 0 aromatic rings. The van der Waals surface area contributed by atoms with Crippen LogP contribution in [0.2, 0.25) is 0 Å². The first-order valence-corrected chi connectivity index (χ1v) is 8.46. The van der Waals surface area contributed by atoms with Crippen molar-refractivity contribution in [2.75, 3.05) is 20.1 Å². The molecule has 19 heavy (non-hydrogen) atoms. The second-order valence-corrected chi connectivity index (χ2v) is 7.37. The molecule has 1 heterocycles. The molecule has 0 bridgehead atoms. The van der Waals surface area contributed by atoms with Gasteiger partial charge in [0.2, 0.25) is 0 Å². The number of likely N-dealkylation sites (N-methyl/N-ethyl adjacent to an activating group) is 1. The molecular formula is C17H34N2. The van der Waals surface area contributed by atoms with Gasteiger partial charge in [0.25, 0.3) is 0 Å². The van der Waals surface area contributed by atoms with Crippen LogP contribution in [-0.4, -0.2) is 37.1 Å². The lowest BCUT2D eigenvalue weighted by atomic mass is 9.75. The summed E-state index contributed by atoms with van der Waals surface area (Å²) in [5.74, 6) is 1.72.